The second-order valence-electron chi connectivity index (χ2n) is 4.02. The van der Waals surface area contributed by atoms with Crippen molar-refractivity contribution < 1.29 is 13.5 Å². The van der Waals surface area contributed by atoms with E-state index in [0.717, 1.165) is 4.47 Å². The van der Waals surface area contributed by atoms with Crippen molar-refractivity contribution in [3.05, 3.63) is 57.5 Å². The molecule has 2 aromatic rings. The second-order valence-corrected chi connectivity index (χ2v) is 7.03. The molecule has 106 valence electrons. The van der Waals surface area contributed by atoms with Gasteiger partial charge in [-0.25, -0.2) is 8.42 Å². The third-order valence-electron chi connectivity index (χ3n) is 2.59. The van der Waals surface area contributed by atoms with E-state index in [1.807, 2.05) is 0 Å². The fourth-order valence-electron chi connectivity index (χ4n) is 1.57. The maximum atomic E-state index is 12.2. The monoisotopic (exact) mass is 375 g/mol. The highest BCUT2D eigenvalue weighted by Crippen LogP contribution is 2.23. The van der Waals surface area contributed by atoms with Gasteiger partial charge in [-0.3, -0.25) is 4.72 Å². The molecule has 0 amide bonds. The number of aliphatic hydroxyl groups excluding tert-OH is 1. The molecule has 7 heteroatoms. The van der Waals surface area contributed by atoms with E-state index in [4.69, 9.17) is 16.7 Å². The number of anilines is 1. The van der Waals surface area contributed by atoms with Crippen LogP contribution in [0, 0.1) is 0 Å². The van der Waals surface area contributed by atoms with Crippen LogP contribution in [0.1, 0.15) is 5.56 Å². The molecular weight excluding hydrogens is 366 g/mol. The Morgan fingerprint density at radius 3 is 2.40 bits per heavy atom. The van der Waals surface area contributed by atoms with Gasteiger partial charge in [0.1, 0.15) is 0 Å². The average Bonchev–Trinajstić information content (AvgIpc) is 2.41. The molecule has 2 aromatic carbocycles. The quantitative estimate of drug-likeness (QED) is 0.859. The molecule has 0 saturated heterocycles. The highest BCUT2D eigenvalue weighted by molar-refractivity contribution is 9.10. The van der Waals surface area contributed by atoms with E-state index in [9.17, 15) is 8.42 Å². The van der Waals surface area contributed by atoms with Gasteiger partial charge >= 0.3 is 0 Å². The Kier molecular flexibility index (Phi) is 4.70. The fourth-order valence-corrected chi connectivity index (χ4v) is 3.12. The Labute approximate surface area is 130 Å². The van der Waals surface area contributed by atoms with E-state index in [-0.39, 0.29) is 11.5 Å². The van der Waals surface area contributed by atoms with Gasteiger partial charge in [0.2, 0.25) is 0 Å². The number of hydrogen-bond donors (Lipinski definition) is 2. The van der Waals surface area contributed by atoms with Crippen molar-refractivity contribution in [3.8, 4) is 0 Å². The molecular formula is C13H11BrClNO3S. The first kappa shape index (κ1) is 15.3. The minimum atomic E-state index is -3.71. The van der Waals surface area contributed by atoms with Crippen LogP contribution in [0.15, 0.2) is 51.8 Å². The summed E-state index contributed by atoms with van der Waals surface area (Å²) < 4.78 is 27.8. The van der Waals surface area contributed by atoms with Gasteiger partial charge in [-0.2, -0.15) is 0 Å². The first-order valence-corrected chi connectivity index (χ1v) is 8.25. The van der Waals surface area contributed by atoms with Crippen molar-refractivity contribution in [2.45, 2.75) is 11.5 Å². The topological polar surface area (TPSA) is 66.4 Å². The van der Waals surface area contributed by atoms with Crippen molar-refractivity contribution in [3.63, 3.8) is 0 Å². The lowest BCUT2D eigenvalue weighted by Crippen LogP contribution is -2.13. The normalized spacial score (nSPS) is 11.3. The van der Waals surface area contributed by atoms with Crippen LogP contribution in [0.2, 0.25) is 5.02 Å². The predicted octanol–water partition coefficient (Wildman–Crippen LogP) is 3.40. The summed E-state index contributed by atoms with van der Waals surface area (Å²) in [5.41, 5.74) is 0.819. The van der Waals surface area contributed by atoms with Gasteiger partial charge in [0.15, 0.2) is 0 Å². The van der Waals surface area contributed by atoms with E-state index in [1.165, 1.54) is 18.2 Å². The van der Waals surface area contributed by atoms with Gasteiger partial charge in [-0.15, -0.1) is 0 Å². The summed E-state index contributed by atoms with van der Waals surface area (Å²) in [7, 11) is -3.71. The highest BCUT2D eigenvalue weighted by atomic mass is 79.9. The molecule has 0 fully saturated rings. The van der Waals surface area contributed by atoms with Crippen molar-refractivity contribution in [1.82, 2.24) is 0 Å². The molecule has 0 spiro atoms. The van der Waals surface area contributed by atoms with Crippen LogP contribution in [0.25, 0.3) is 0 Å². The SMILES string of the molecule is O=S(=O)(Nc1ccc(Br)cc1)c1ccc(Cl)c(CO)c1. The zero-order valence-corrected chi connectivity index (χ0v) is 13.3. The first-order chi connectivity index (χ1) is 9.42. The molecule has 0 bridgehead atoms. The number of hydrogen-bond acceptors (Lipinski definition) is 3. The van der Waals surface area contributed by atoms with Crippen molar-refractivity contribution in [2.24, 2.45) is 0 Å². The lowest BCUT2D eigenvalue weighted by molar-refractivity contribution is 0.281. The van der Waals surface area contributed by atoms with Crippen LogP contribution >= 0.6 is 27.5 Å². The molecule has 0 aliphatic heterocycles. The average molecular weight is 377 g/mol. The minimum absolute atomic E-state index is 0.0499. The van der Waals surface area contributed by atoms with Gasteiger partial charge in [0.25, 0.3) is 10.0 Å². The van der Waals surface area contributed by atoms with Crippen molar-refractivity contribution in [1.29, 1.82) is 0 Å². The van der Waals surface area contributed by atoms with E-state index >= 15 is 0 Å². The lowest BCUT2D eigenvalue weighted by atomic mass is 10.2. The zero-order valence-electron chi connectivity index (χ0n) is 10.2. The molecule has 2 rings (SSSR count). The van der Waals surface area contributed by atoms with Gasteiger partial charge in [-0.05, 0) is 48.0 Å². The van der Waals surface area contributed by atoms with E-state index < -0.39 is 10.0 Å². The standard InChI is InChI=1S/C13H11BrClNO3S/c14-10-1-3-11(4-2-10)16-20(18,19)12-5-6-13(15)9(7-12)8-17/h1-7,16-17H,8H2. The van der Waals surface area contributed by atoms with E-state index in [0.29, 0.717) is 16.3 Å². The summed E-state index contributed by atoms with van der Waals surface area (Å²) in [5.74, 6) is 0. The maximum absolute atomic E-state index is 12.2. The number of rotatable bonds is 4. The van der Waals surface area contributed by atoms with Crippen LogP contribution < -0.4 is 4.72 Å². The number of benzene rings is 2. The van der Waals surface area contributed by atoms with E-state index in [2.05, 4.69) is 20.7 Å². The third-order valence-corrected chi connectivity index (χ3v) is 4.87. The van der Waals surface area contributed by atoms with E-state index in [1.54, 1.807) is 24.3 Å². The van der Waals surface area contributed by atoms with Crippen LogP contribution in [0.5, 0.6) is 0 Å². The van der Waals surface area contributed by atoms with Crippen LogP contribution in [-0.2, 0) is 16.6 Å². The maximum Gasteiger partial charge on any atom is 0.261 e. The molecule has 0 saturated carbocycles. The molecule has 0 unspecified atom stereocenters. The zero-order chi connectivity index (χ0) is 14.8. The number of halogens is 2. The van der Waals surface area contributed by atoms with Crippen molar-refractivity contribution in [2.75, 3.05) is 4.72 Å². The summed E-state index contributed by atoms with van der Waals surface area (Å²) in [6, 6.07) is 10.9. The minimum Gasteiger partial charge on any atom is -0.392 e. The Bertz CT molecular complexity index is 717. The largest absolute Gasteiger partial charge is 0.392 e. The van der Waals surface area contributed by atoms with Crippen molar-refractivity contribution >= 4 is 43.2 Å². The smallest absolute Gasteiger partial charge is 0.261 e. The van der Waals surface area contributed by atoms with Gasteiger partial charge < -0.3 is 5.11 Å². The predicted molar refractivity (Wildman–Crippen MR) is 82.3 cm³/mol. The lowest BCUT2D eigenvalue weighted by Gasteiger charge is -2.10. The highest BCUT2D eigenvalue weighted by Gasteiger charge is 2.15. The van der Waals surface area contributed by atoms with Gasteiger partial charge in [0, 0.05) is 15.2 Å². The molecule has 0 aromatic heterocycles. The number of aliphatic hydroxyl groups is 1. The summed E-state index contributed by atoms with van der Waals surface area (Å²) in [6.45, 7) is -0.319. The molecule has 2 N–H and O–H groups in total. The molecule has 0 heterocycles. The Morgan fingerprint density at radius 2 is 1.80 bits per heavy atom. The van der Waals surface area contributed by atoms with Crippen LogP contribution in [0.4, 0.5) is 5.69 Å². The fraction of sp³-hybridized carbons (Fsp3) is 0.0769. The summed E-state index contributed by atoms with van der Waals surface area (Å²) >= 11 is 9.12. The second kappa shape index (κ2) is 6.13. The Morgan fingerprint density at radius 1 is 1.15 bits per heavy atom. The summed E-state index contributed by atoms with van der Waals surface area (Å²) in [5, 5.41) is 9.45. The molecule has 0 aliphatic carbocycles. The van der Waals surface area contributed by atoms with Crippen LogP contribution in [0.3, 0.4) is 0 Å². The number of sulfonamides is 1. The van der Waals surface area contributed by atoms with Gasteiger partial charge in [-0.1, -0.05) is 27.5 Å². The molecule has 0 radical (unpaired) electrons. The first-order valence-electron chi connectivity index (χ1n) is 5.60. The number of nitrogens with one attached hydrogen (secondary N) is 1. The molecule has 4 nitrogen and oxygen atoms in total. The molecule has 0 atom stereocenters. The molecule has 20 heavy (non-hydrogen) atoms. The Balaban J connectivity index is 2.33. The third kappa shape index (κ3) is 3.52. The Hall–Kier alpha value is -1.08. The van der Waals surface area contributed by atoms with Crippen LogP contribution in [-0.4, -0.2) is 13.5 Å². The molecule has 0 aliphatic rings. The summed E-state index contributed by atoms with van der Waals surface area (Å²) in [4.78, 5) is 0.0499. The van der Waals surface area contributed by atoms with Gasteiger partial charge in [0.05, 0.1) is 11.5 Å². The summed E-state index contributed by atoms with van der Waals surface area (Å²) in [6.07, 6.45) is 0.